The Kier molecular flexibility index (Phi) is 3.20. The van der Waals surface area contributed by atoms with Crippen LogP contribution in [0.2, 0.25) is 0 Å². The van der Waals surface area contributed by atoms with Crippen LogP contribution in [0.5, 0.6) is 0 Å². The van der Waals surface area contributed by atoms with Gasteiger partial charge in [0.05, 0.1) is 28.9 Å². The van der Waals surface area contributed by atoms with Crippen molar-refractivity contribution in [1.29, 1.82) is 0 Å². The minimum Gasteiger partial charge on any atom is -0.478 e. The van der Waals surface area contributed by atoms with Crippen LogP contribution >= 0.6 is 0 Å². The molecule has 0 amide bonds. The zero-order chi connectivity index (χ0) is 14.4. The number of hydrogen-bond donors (Lipinski definition) is 1. The molecule has 1 saturated heterocycles. The second kappa shape index (κ2) is 4.33. The summed E-state index contributed by atoms with van der Waals surface area (Å²) in [6, 6.07) is 0. The maximum atomic E-state index is 11.7. The summed E-state index contributed by atoms with van der Waals surface area (Å²) in [6.45, 7) is 5.58. The van der Waals surface area contributed by atoms with E-state index in [1.807, 2.05) is 20.8 Å². The average molecular weight is 286 g/mol. The van der Waals surface area contributed by atoms with Crippen LogP contribution < -0.4 is 0 Å². The van der Waals surface area contributed by atoms with Crippen LogP contribution in [-0.2, 0) is 15.4 Å². The van der Waals surface area contributed by atoms with Crippen molar-refractivity contribution in [3.8, 4) is 0 Å². The molecule has 1 aromatic heterocycles. The van der Waals surface area contributed by atoms with E-state index in [4.69, 9.17) is 0 Å². The third kappa shape index (κ3) is 2.39. The molecule has 1 aromatic rings. The first-order valence-corrected chi connectivity index (χ1v) is 8.00. The van der Waals surface area contributed by atoms with Crippen LogP contribution in [0.1, 0.15) is 49.2 Å². The van der Waals surface area contributed by atoms with Crippen molar-refractivity contribution in [1.82, 2.24) is 9.78 Å². The fourth-order valence-corrected chi connectivity index (χ4v) is 4.78. The normalized spacial score (nSPS) is 25.9. The molecule has 2 rings (SSSR count). The largest absolute Gasteiger partial charge is 0.478 e. The summed E-state index contributed by atoms with van der Waals surface area (Å²) in [5.74, 6) is -0.919. The summed E-state index contributed by atoms with van der Waals surface area (Å²) >= 11 is 0. The Morgan fingerprint density at radius 2 is 2.16 bits per heavy atom. The second-order valence-electron chi connectivity index (χ2n) is 5.65. The molecule has 1 unspecified atom stereocenters. The fraction of sp³-hybridized carbons (Fsp3) is 0.667. The van der Waals surface area contributed by atoms with Crippen LogP contribution in [0.3, 0.4) is 0 Å². The Hall–Kier alpha value is -1.37. The van der Waals surface area contributed by atoms with Gasteiger partial charge in [-0.25, -0.2) is 13.2 Å². The molecule has 1 aliphatic rings. The maximum absolute atomic E-state index is 11.7. The number of sulfone groups is 1. The van der Waals surface area contributed by atoms with E-state index in [1.54, 1.807) is 4.68 Å². The van der Waals surface area contributed by atoms with Crippen molar-refractivity contribution in [2.45, 2.75) is 38.6 Å². The molecule has 1 fully saturated rings. The Morgan fingerprint density at radius 3 is 2.58 bits per heavy atom. The fourth-order valence-electron chi connectivity index (χ4n) is 2.67. The van der Waals surface area contributed by atoms with Crippen molar-refractivity contribution in [3.05, 3.63) is 17.5 Å². The van der Waals surface area contributed by atoms with Crippen molar-refractivity contribution in [3.63, 3.8) is 0 Å². The standard InChI is InChI=1S/C12H18N2O4S/c1-8(2)10-9(11(15)16)6-13-14(10)12(3)4-5-19(17,18)7-12/h6,8H,4-5,7H2,1-3H3,(H,15,16). The Bertz CT molecular complexity index is 618. The van der Waals surface area contributed by atoms with Gasteiger partial charge in [0.1, 0.15) is 5.56 Å². The number of nitrogens with zero attached hydrogens (tertiary/aromatic N) is 2. The monoisotopic (exact) mass is 286 g/mol. The predicted molar refractivity (Wildman–Crippen MR) is 70.2 cm³/mol. The van der Waals surface area contributed by atoms with Gasteiger partial charge in [-0.1, -0.05) is 13.8 Å². The molecule has 7 heteroatoms. The number of aromatic carboxylic acids is 1. The van der Waals surface area contributed by atoms with Gasteiger partial charge in [0.2, 0.25) is 0 Å². The van der Waals surface area contributed by atoms with Gasteiger partial charge in [-0.05, 0) is 19.3 Å². The zero-order valence-corrected chi connectivity index (χ0v) is 12.1. The minimum atomic E-state index is -3.06. The lowest BCUT2D eigenvalue weighted by Crippen LogP contribution is -2.34. The number of aromatic nitrogens is 2. The molecule has 0 radical (unpaired) electrons. The Labute approximate surface area is 112 Å². The van der Waals surface area contributed by atoms with E-state index < -0.39 is 21.3 Å². The van der Waals surface area contributed by atoms with E-state index in [0.717, 1.165) is 0 Å². The quantitative estimate of drug-likeness (QED) is 0.903. The van der Waals surface area contributed by atoms with Gasteiger partial charge in [-0.15, -0.1) is 0 Å². The molecule has 0 spiro atoms. The van der Waals surface area contributed by atoms with Crippen LogP contribution in [0.4, 0.5) is 0 Å². The molecular formula is C12H18N2O4S. The minimum absolute atomic E-state index is 0.0143. The van der Waals surface area contributed by atoms with E-state index in [2.05, 4.69) is 5.10 Å². The SMILES string of the molecule is CC(C)c1c(C(=O)O)cnn1C1(C)CCS(=O)(=O)C1. The lowest BCUT2D eigenvalue weighted by atomic mass is 9.99. The third-order valence-corrected chi connectivity index (χ3v) is 5.47. The summed E-state index contributed by atoms with van der Waals surface area (Å²) in [6.07, 6.45) is 1.78. The third-order valence-electron chi connectivity index (χ3n) is 3.58. The highest BCUT2D eigenvalue weighted by atomic mass is 32.2. The highest BCUT2D eigenvalue weighted by molar-refractivity contribution is 7.91. The first-order valence-electron chi connectivity index (χ1n) is 6.18. The number of hydrogen-bond acceptors (Lipinski definition) is 4. The molecule has 0 aliphatic carbocycles. The van der Waals surface area contributed by atoms with Crippen molar-refractivity contribution >= 4 is 15.8 Å². The lowest BCUT2D eigenvalue weighted by Gasteiger charge is -2.27. The van der Waals surface area contributed by atoms with Crippen molar-refractivity contribution < 1.29 is 18.3 Å². The van der Waals surface area contributed by atoms with E-state index in [-0.39, 0.29) is 23.0 Å². The van der Waals surface area contributed by atoms with E-state index in [1.165, 1.54) is 6.20 Å². The topological polar surface area (TPSA) is 89.3 Å². The molecule has 0 aromatic carbocycles. The molecule has 0 bridgehead atoms. The number of rotatable bonds is 3. The highest BCUT2D eigenvalue weighted by Crippen LogP contribution is 2.34. The van der Waals surface area contributed by atoms with E-state index in [0.29, 0.717) is 12.1 Å². The van der Waals surface area contributed by atoms with Crippen LogP contribution in [0, 0.1) is 0 Å². The van der Waals surface area contributed by atoms with Crippen LogP contribution in [-0.4, -0.2) is 40.8 Å². The van der Waals surface area contributed by atoms with Gasteiger partial charge in [0.25, 0.3) is 0 Å². The van der Waals surface area contributed by atoms with Crippen molar-refractivity contribution in [2.75, 3.05) is 11.5 Å². The Balaban J connectivity index is 2.55. The van der Waals surface area contributed by atoms with Crippen molar-refractivity contribution in [2.24, 2.45) is 0 Å². The summed E-state index contributed by atoms with van der Waals surface area (Å²) in [7, 11) is -3.06. The summed E-state index contributed by atoms with van der Waals surface area (Å²) in [5.41, 5.74) is 0.0965. The molecule has 2 heterocycles. The molecule has 106 valence electrons. The highest BCUT2D eigenvalue weighted by Gasteiger charge is 2.42. The molecule has 6 nitrogen and oxygen atoms in total. The van der Waals surface area contributed by atoms with Gasteiger partial charge in [0, 0.05) is 0 Å². The van der Waals surface area contributed by atoms with Gasteiger partial charge in [-0.3, -0.25) is 4.68 Å². The number of carbonyl (C=O) groups is 1. The number of carboxylic acids is 1. The first kappa shape index (κ1) is 14.0. The smallest absolute Gasteiger partial charge is 0.339 e. The van der Waals surface area contributed by atoms with Gasteiger partial charge in [0.15, 0.2) is 9.84 Å². The molecule has 1 N–H and O–H groups in total. The van der Waals surface area contributed by atoms with Crippen LogP contribution in [0.15, 0.2) is 6.20 Å². The molecule has 0 saturated carbocycles. The maximum Gasteiger partial charge on any atom is 0.339 e. The second-order valence-corrected chi connectivity index (χ2v) is 7.84. The van der Waals surface area contributed by atoms with E-state index in [9.17, 15) is 18.3 Å². The molecular weight excluding hydrogens is 268 g/mol. The molecule has 19 heavy (non-hydrogen) atoms. The van der Waals surface area contributed by atoms with Gasteiger partial charge >= 0.3 is 5.97 Å². The van der Waals surface area contributed by atoms with E-state index >= 15 is 0 Å². The summed E-state index contributed by atoms with van der Waals surface area (Å²) in [4.78, 5) is 11.2. The van der Waals surface area contributed by atoms with Gasteiger partial charge in [-0.2, -0.15) is 5.10 Å². The first-order chi connectivity index (χ1) is 8.66. The molecule has 1 aliphatic heterocycles. The zero-order valence-electron chi connectivity index (χ0n) is 11.3. The van der Waals surface area contributed by atoms with Gasteiger partial charge < -0.3 is 5.11 Å². The Morgan fingerprint density at radius 1 is 1.53 bits per heavy atom. The number of carboxylic acid groups (broad SMARTS) is 1. The average Bonchev–Trinajstić information content (AvgIpc) is 2.80. The lowest BCUT2D eigenvalue weighted by molar-refractivity contribution is 0.0694. The van der Waals surface area contributed by atoms with Crippen LogP contribution in [0.25, 0.3) is 0 Å². The molecule has 1 atom stereocenters. The summed E-state index contributed by atoms with van der Waals surface area (Å²) < 4.78 is 25.0. The predicted octanol–water partition coefficient (Wildman–Crippen LogP) is 1.24. The summed E-state index contributed by atoms with van der Waals surface area (Å²) in [5, 5.41) is 13.3.